The molecule has 9 heteroatoms. The fraction of sp³-hybridized carbons (Fsp3) is 0.333. The molecule has 0 saturated carbocycles. The van der Waals surface area contributed by atoms with Crippen molar-refractivity contribution < 1.29 is 18.4 Å². The molecule has 0 unspecified atom stereocenters. The van der Waals surface area contributed by atoms with Gasteiger partial charge >= 0.3 is 5.69 Å². The van der Waals surface area contributed by atoms with Gasteiger partial charge in [-0.2, -0.15) is 11.8 Å². The van der Waals surface area contributed by atoms with E-state index in [1.807, 2.05) is 6.26 Å². The lowest BCUT2D eigenvalue weighted by Crippen LogP contribution is -2.26. The summed E-state index contributed by atoms with van der Waals surface area (Å²) in [5.74, 6) is 0.0300. The molecule has 1 aromatic rings. The summed E-state index contributed by atoms with van der Waals surface area (Å²) in [4.78, 5) is 9.51. The number of nitro benzene ring substituents is 1. The quantitative estimate of drug-likeness (QED) is 0.459. The molecule has 7 nitrogen and oxygen atoms in total. The smallest absolute Gasteiger partial charge is 0.312 e. The molecule has 0 amide bonds. The molecule has 0 bridgehead atoms. The lowest BCUT2D eigenvalue weighted by atomic mass is 10.3. The van der Waals surface area contributed by atoms with Gasteiger partial charge in [0.2, 0.25) is 10.0 Å². The molecule has 1 aromatic carbocycles. The third kappa shape index (κ3) is 3.59. The number of rotatable bonds is 6. The van der Waals surface area contributed by atoms with Gasteiger partial charge in [-0.3, -0.25) is 10.1 Å². The first-order valence-electron chi connectivity index (χ1n) is 4.84. The van der Waals surface area contributed by atoms with Crippen molar-refractivity contribution in [1.29, 1.82) is 0 Å². The Kier molecular flexibility index (Phi) is 4.93. The van der Waals surface area contributed by atoms with E-state index in [1.165, 1.54) is 11.8 Å². The highest BCUT2D eigenvalue weighted by molar-refractivity contribution is 7.98. The monoisotopic (exact) mass is 292 g/mol. The lowest BCUT2D eigenvalue weighted by Gasteiger charge is -2.06. The first-order chi connectivity index (χ1) is 8.38. The number of nitro groups is 1. The maximum atomic E-state index is 11.8. The fourth-order valence-electron chi connectivity index (χ4n) is 1.18. The van der Waals surface area contributed by atoms with Crippen LogP contribution in [0.25, 0.3) is 0 Å². The topological polar surface area (TPSA) is 110 Å². The summed E-state index contributed by atoms with van der Waals surface area (Å²) in [6, 6.07) is 2.93. The van der Waals surface area contributed by atoms with Gasteiger partial charge < -0.3 is 5.11 Å². The second-order valence-electron chi connectivity index (χ2n) is 3.30. The number of hydrogen-bond acceptors (Lipinski definition) is 6. The predicted molar refractivity (Wildman–Crippen MR) is 68.3 cm³/mol. The molecular weight excluding hydrogens is 280 g/mol. The largest absolute Gasteiger partial charge is 0.502 e. The van der Waals surface area contributed by atoms with E-state index in [1.54, 1.807) is 0 Å². The van der Waals surface area contributed by atoms with Crippen LogP contribution in [-0.4, -0.2) is 37.0 Å². The van der Waals surface area contributed by atoms with Crippen LogP contribution in [0.1, 0.15) is 0 Å². The molecule has 0 heterocycles. The molecule has 0 fully saturated rings. The minimum atomic E-state index is -3.78. The summed E-state index contributed by atoms with van der Waals surface area (Å²) in [6.45, 7) is 0.234. The lowest BCUT2D eigenvalue weighted by molar-refractivity contribution is -0.386. The second-order valence-corrected chi connectivity index (χ2v) is 6.05. The number of thioether (sulfide) groups is 1. The molecule has 0 saturated heterocycles. The van der Waals surface area contributed by atoms with Crippen LogP contribution in [0.4, 0.5) is 5.69 Å². The molecular formula is C9H12N2O5S2. The number of sulfonamides is 1. The van der Waals surface area contributed by atoms with Crippen molar-refractivity contribution in [3.63, 3.8) is 0 Å². The zero-order valence-corrected chi connectivity index (χ0v) is 11.1. The van der Waals surface area contributed by atoms with Crippen LogP contribution < -0.4 is 4.72 Å². The zero-order valence-electron chi connectivity index (χ0n) is 9.49. The van der Waals surface area contributed by atoms with Gasteiger partial charge in [-0.15, -0.1) is 0 Å². The Morgan fingerprint density at radius 2 is 2.17 bits per heavy atom. The van der Waals surface area contributed by atoms with Crippen molar-refractivity contribution in [1.82, 2.24) is 4.72 Å². The van der Waals surface area contributed by atoms with E-state index in [2.05, 4.69) is 4.72 Å². The highest BCUT2D eigenvalue weighted by Gasteiger charge is 2.20. The van der Waals surface area contributed by atoms with Crippen molar-refractivity contribution >= 4 is 27.5 Å². The molecule has 2 N–H and O–H groups in total. The number of nitrogens with zero attached hydrogens (tertiary/aromatic N) is 1. The third-order valence-corrected chi connectivity index (χ3v) is 4.12. The van der Waals surface area contributed by atoms with E-state index < -0.39 is 26.4 Å². The SMILES string of the molecule is CSCCNS(=O)(=O)c1ccc(O)c([N+](=O)[O-])c1. The first kappa shape index (κ1) is 14.7. The van der Waals surface area contributed by atoms with Crippen LogP contribution in [-0.2, 0) is 10.0 Å². The molecule has 0 radical (unpaired) electrons. The van der Waals surface area contributed by atoms with E-state index in [-0.39, 0.29) is 11.4 Å². The first-order valence-corrected chi connectivity index (χ1v) is 7.72. The summed E-state index contributed by atoms with van der Waals surface area (Å²) in [5.41, 5.74) is -0.636. The molecule has 18 heavy (non-hydrogen) atoms. The summed E-state index contributed by atoms with van der Waals surface area (Å²) in [5, 5.41) is 19.8. The maximum absolute atomic E-state index is 11.8. The number of benzene rings is 1. The number of phenols is 1. The Bertz CT molecular complexity index is 544. The highest BCUT2D eigenvalue weighted by Crippen LogP contribution is 2.27. The molecule has 1 rings (SSSR count). The number of aromatic hydroxyl groups is 1. The Hall–Kier alpha value is -1.32. The van der Waals surface area contributed by atoms with Crippen LogP contribution in [0, 0.1) is 10.1 Å². The molecule has 100 valence electrons. The summed E-state index contributed by atoms with van der Waals surface area (Å²) >= 11 is 1.47. The molecule has 0 spiro atoms. The Balaban J connectivity index is 3.02. The van der Waals surface area contributed by atoms with Gasteiger partial charge in [-0.25, -0.2) is 13.1 Å². The summed E-state index contributed by atoms with van der Waals surface area (Å²) in [6.07, 6.45) is 1.83. The van der Waals surface area contributed by atoms with Crippen molar-refractivity contribution in [3.05, 3.63) is 28.3 Å². The molecule has 0 atom stereocenters. The second kappa shape index (κ2) is 6.03. The van der Waals surface area contributed by atoms with Crippen LogP contribution >= 0.6 is 11.8 Å². The van der Waals surface area contributed by atoms with Gasteiger partial charge in [0.25, 0.3) is 0 Å². The summed E-state index contributed by atoms with van der Waals surface area (Å²) in [7, 11) is -3.78. The van der Waals surface area contributed by atoms with Crippen molar-refractivity contribution in [2.75, 3.05) is 18.6 Å². The average Bonchev–Trinajstić information content (AvgIpc) is 2.29. The standard InChI is InChI=1S/C9H12N2O5S2/c1-17-5-4-10-18(15,16)7-2-3-9(12)8(6-7)11(13)14/h2-3,6,10,12H,4-5H2,1H3. The minimum Gasteiger partial charge on any atom is -0.502 e. The van der Waals surface area contributed by atoms with E-state index in [9.17, 15) is 23.6 Å². The van der Waals surface area contributed by atoms with Crippen molar-refractivity contribution in [2.24, 2.45) is 0 Å². The fourth-order valence-corrected chi connectivity index (χ4v) is 2.66. The number of hydrogen-bond donors (Lipinski definition) is 2. The third-order valence-electron chi connectivity index (χ3n) is 2.05. The van der Waals surface area contributed by atoms with E-state index >= 15 is 0 Å². The van der Waals surface area contributed by atoms with Crippen LogP contribution in [0.3, 0.4) is 0 Å². The highest BCUT2D eigenvalue weighted by atomic mass is 32.2. The van der Waals surface area contributed by atoms with Crippen LogP contribution in [0.2, 0.25) is 0 Å². The summed E-state index contributed by atoms with van der Waals surface area (Å²) < 4.78 is 25.8. The van der Waals surface area contributed by atoms with Gasteiger partial charge in [0.05, 0.1) is 9.82 Å². The number of nitrogens with one attached hydrogen (secondary N) is 1. The van der Waals surface area contributed by atoms with Gasteiger partial charge in [0, 0.05) is 18.4 Å². The zero-order chi connectivity index (χ0) is 13.8. The van der Waals surface area contributed by atoms with Crippen LogP contribution in [0.5, 0.6) is 5.75 Å². The van der Waals surface area contributed by atoms with Crippen molar-refractivity contribution in [2.45, 2.75) is 4.90 Å². The normalized spacial score (nSPS) is 11.4. The minimum absolute atomic E-state index is 0.234. The van der Waals surface area contributed by atoms with E-state index in [0.29, 0.717) is 5.75 Å². The Labute approximate surface area is 108 Å². The average molecular weight is 292 g/mol. The maximum Gasteiger partial charge on any atom is 0.312 e. The van der Waals surface area contributed by atoms with E-state index in [0.717, 1.165) is 18.2 Å². The molecule has 0 aliphatic heterocycles. The predicted octanol–water partition coefficient (Wildman–Crippen LogP) is 0.942. The van der Waals surface area contributed by atoms with Crippen molar-refractivity contribution in [3.8, 4) is 5.75 Å². The molecule has 0 aliphatic rings. The molecule has 0 aliphatic carbocycles. The number of phenolic OH excluding ortho intramolecular Hbond substituents is 1. The molecule has 0 aromatic heterocycles. The van der Waals surface area contributed by atoms with Crippen LogP contribution in [0.15, 0.2) is 23.1 Å². The van der Waals surface area contributed by atoms with Gasteiger partial charge in [-0.1, -0.05) is 0 Å². The Morgan fingerprint density at radius 3 is 2.72 bits per heavy atom. The Morgan fingerprint density at radius 1 is 1.50 bits per heavy atom. The van der Waals surface area contributed by atoms with Gasteiger partial charge in [0.15, 0.2) is 5.75 Å². The van der Waals surface area contributed by atoms with Gasteiger partial charge in [-0.05, 0) is 18.4 Å². The van der Waals surface area contributed by atoms with E-state index in [4.69, 9.17) is 0 Å². The van der Waals surface area contributed by atoms with Gasteiger partial charge in [0.1, 0.15) is 0 Å².